The van der Waals surface area contributed by atoms with Crippen molar-refractivity contribution in [3.63, 3.8) is 0 Å². The van der Waals surface area contributed by atoms with Crippen molar-refractivity contribution in [1.82, 2.24) is 0 Å². The van der Waals surface area contributed by atoms with Crippen LogP contribution in [0.15, 0.2) is 0 Å². The molecule has 0 heterocycles. The topological polar surface area (TPSA) is 106 Å². The Morgan fingerprint density at radius 3 is 1.42 bits per heavy atom. The van der Waals surface area contributed by atoms with Crippen LogP contribution < -0.4 is 11.5 Å². The summed E-state index contributed by atoms with van der Waals surface area (Å²) in [4.78, 5) is 19.4. The van der Waals surface area contributed by atoms with Crippen molar-refractivity contribution < 1.29 is 14.7 Å². The molecule has 0 aromatic carbocycles. The van der Waals surface area contributed by atoms with Crippen molar-refractivity contribution in [3.05, 3.63) is 0 Å². The molecule has 2 atom stereocenters. The molecule has 0 aromatic rings. The van der Waals surface area contributed by atoms with Gasteiger partial charge in [-0.15, -0.1) is 0 Å². The third-order valence-electron chi connectivity index (χ3n) is 0.748. The van der Waals surface area contributed by atoms with Gasteiger partial charge in [-0.1, -0.05) is 0 Å². The lowest BCUT2D eigenvalue weighted by Crippen LogP contribution is -2.25. The second-order valence-electron chi connectivity index (χ2n) is 2.22. The van der Waals surface area contributed by atoms with Crippen molar-refractivity contribution in [1.29, 1.82) is 0 Å². The standard InChI is InChI=1S/C3H6ClNO.C3H7NO2/c1-2(5)3(4)6;1-2(4)3(5)6/h2H,5H2,1H3;2H,4H2,1H3,(H,5,6)/t2-;/m0./s1. The molecule has 0 radical (unpaired) electrons. The lowest BCUT2D eigenvalue weighted by atomic mass is 10.4. The number of rotatable bonds is 2. The summed E-state index contributed by atoms with van der Waals surface area (Å²) >= 11 is 4.85. The summed E-state index contributed by atoms with van der Waals surface area (Å²) in [6.45, 7) is 2.96. The van der Waals surface area contributed by atoms with Crippen molar-refractivity contribution in [2.75, 3.05) is 0 Å². The first-order valence-electron chi connectivity index (χ1n) is 3.22. The van der Waals surface area contributed by atoms with E-state index in [0.29, 0.717) is 0 Å². The van der Waals surface area contributed by atoms with Gasteiger partial charge in [0.25, 0.3) is 0 Å². The zero-order valence-electron chi connectivity index (χ0n) is 6.95. The van der Waals surface area contributed by atoms with Crippen molar-refractivity contribution in [3.8, 4) is 0 Å². The minimum Gasteiger partial charge on any atom is -0.480 e. The quantitative estimate of drug-likeness (QED) is 0.517. The van der Waals surface area contributed by atoms with Gasteiger partial charge in [0, 0.05) is 0 Å². The molecule has 0 aromatic heterocycles. The van der Waals surface area contributed by atoms with E-state index in [9.17, 15) is 9.59 Å². The number of carboxylic acids is 1. The van der Waals surface area contributed by atoms with E-state index < -0.39 is 23.3 Å². The summed E-state index contributed by atoms with van der Waals surface area (Å²) in [6, 6.07) is -1.25. The van der Waals surface area contributed by atoms with Gasteiger partial charge in [-0.25, -0.2) is 0 Å². The number of carboxylic acid groups (broad SMARTS) is 1. The molecule has 0 aliphatic carbocycles. The summed E-state index contributed by atoms with van der Waals surface area (Å²) in [5.74, 6) is -0.963. The van der Waals surface area contributed by atoms with E-state index in [4.69, 9.17) is 28.2 Å². The van der Waals surface area contributed by atoms with Crippen LogP contribution in [0.4, 0.5) is 0 Å². The van der Waals surface area contributed by atoms with Gasteiger partial charge in [0.05, 0.1) is 6.04 Å². The Hall–Kier alpha value is -0.650. The van der Waals surface area contributed by atoms with Crippen LogP contribution in [0.2, 0.25) is 0 Å². The van der Waals surface area contributed by atoms with E-state index in [-0.39, 0.29) is 0 Å². The minimum absolute atomic E-state index is 0.491. The zero-order chi connectivity index (χ0) is 10.3. The predicted molar refractivity (Wildman–Crippen MR) is 45.8 cm³/mol. The molecule has 72 valence electrons. The van der Waals surface area contributed by atoms with Gasteiger partial charge in [0.1, 0.15) is 6.04 Å². The summed E-state index contributed by atoms with van der Waals surface area (Å²) in [6.07, 6.45) is 0. The highest BCUT2D eigenvalue weighted by atomic mass is 35.5. The number of nitrogens with two attached hydrogens (primary N) is 2. The van der Waals surface area contributed by atoms with Crippen molar-refractivity contribution in [2.24, 2.45) is 11.5 Å². The van der Waals surface area contributed by atoms with Crippen LogP contribution in [0.3, 0.4) is 0 Å². The summed E-state index contributed by atoms with van der Waals surface area (Å²) in [5, 5.41) is 7.38. The molecule has 0 amide bonds. The molecule has 0 bridgehead atoms. The first-order chi connectivity index (χ1) is 5.29. The highest BCUT2D eigenvalue weighted by Gasteiger charge is 1.99. The molecule has 5 nitrogen and oxygen atoms in total. The van der Waals surface area contributed by atoms with E-state index in [2.05, 4.69) is 0 Å². The van der Waals surface area contributed by atoms with Crippen LogP contribution in [0, 0.1) is 0 Å². The second kappa shape index (κ2) is 7.02. The molecule has 0 spiro atoms. The number of halogens is 1. The predicted octanol–water partition coefficient (Wildman–Crippen LogP) is -0.483. The van der Waals surface area contributed by atoms with E-state index >= 15 is 0 Å². The highest BCUT2D eigenvalue weighted by Crippen LogP contribution is 1.81. The molecule has 0 aliphatic rings. The first kappa shape index (κ1) is 13.9. The number of carbonyl (C=O) groups is 2. The van der Waals surface area contributed by atoms with Gasteiger partial charge in [-0.2, -0.15) is 0 Å². The Morgan fingerprint density at radius 1 is 1.25 bits per heavy atom. The van der Waals surface area contributed by atoms with E-state index in [1.165, 1.54) is 13.8 Å². The maximum Gasteiger partial charge on any atom is 0.320 e. The molecular formula is C6H13ClN2O3. The van der Waals surface area contributed by atoms with Gasteiger partial charge >= 0.3 is 5.97 Å². The Balaban J connectivity index is 0. The molecule has 0 fully saturated rings. The van der Waals surface area contributed by atoms with Crippen LogP contribution in [-0.4, -0.2) is 28.4 Å². The summed E-state index contributed by atoms with van der Waals surface area (Å²) < 4.78 is 0. The molecule has 6 heteroatoms. The SMILES string of the molecule is CC(N)C(=O)O.C[C@H](N)C(=O)Cl. The monoisotopic (exact) mass is 196 g/mol. The second-order valence-corrected chi connectivity index (χ2v) is 2.59. The third-order valence-corrected chi connectivity index (χ3v) is 1.09. The average Bonchev–Trinajstić information content (AvgIpc) is 1.88. The minimum atomic E-state index is -0.963. The van der Waals surface area contributed by atoms with Gasteiger partial charge in [-0.3, -0.25) is 9.59 Å². The maximum absolute atomic E-state index is 9.78. The van der Waals surface area contributed by atoms with E-state index in [0.717, 1.165) is 0 Å². The summed E-state index contributed by atoms with van der Waals surface area (Å²) in [5.41, 5.74) is 9.79. The van der Waals surface area contributed by atoms with Crippen LogP contribution in [0.1, 0.15) is 13.8 Å². The maximum atomic E-state index is 9.78. The normalized spacial score (nSPS) is 13.8. The third kappa shape index (κ3) is 12.1. The molecule has 0 aliphatic heterocycles. The fraction of sp³-hybridized carbons (Fsp3) is 0.667. The Kier molecular flexibility index (Phi) is 8.14. The Morgan fingerprint density at radius 2 is 1.42 bits per heavy atom. The number of hydrogen-bond acceptors (Lipinski definition) is 4. The molecule has 0 saturated carbocycles. The summed E-state index contributed by atoms with van der Waals surface area (Å²) in [7, 11) is 0. The van der Waals surface area contributed by atoms with Crippen LogP contribution in [0.25, 0.3) is 0 Å². The molecule has 0 rings (SSSR count). The lowest BCUT2D eigenvalue weighted by Gasteiger charge is -1.90. The van der Waals surface area contributed by atoms with Crippen LogP contribution >= 0.6 is 11.6 Å². The van der Waals surface area contributed by atoms with E-state index in [1.807, 2.05) is 0 Å². The molecular weight excluding hydrogens is 184 g/mol. The number of carbonyl (C=O) groups excluding carboxylic acids is 1. The lowest BCUT2D eigenvalue weighted by molar-refractivity contribution is -0.138. The van der Waals surface area contributed by atoms with Gasteiger partial charge in [0.15, 0.2) is 0 Å². The van der Waals surface area contributed by atoms with Crippen LogP contribution in [0.5, 0.6) is 0 Å². The smallest absolute Gasteiger partial charge is 0.320 e. The average molecular weight is 197 g/mol. The largest absolute Gasteiger partial charge is 0.480 e. The molecule has 0 saturated heterocycles. The van der Waals surface area contributed by atoms with Crippen LogP contribution in [-0.2, 0) is 9.59 Å². The van der Waals surface area contributed by atoms with Gasteiger partial charge in [0.2, 0.25) is 5.24 Å². The molecule has 12 heavy (non-hydrogen) atoms. The number of aliphatic carboxylic acids is 1. The zero-order valence-corrected chi connectivity index (χ0v) is 7.71. The Labute approximate surface area is 75.7 Å². The van der Waals surface area contributed by atoms with Crippen molar-refractivity contribution >= 4 is 22.8 Å². The van der Waals surface area contributed by atoms with Gasteiger partial charge < -0.3 is 16.6 Å². The first-order valence-corrected chi connectivity index (χ1v) is 3.60. The fourth-order valence-electron chi connectivity index (χ4n) is 0. The molecule has 5 N–H and O–H groups in total. The molecule has 1 unspecified atom stereocenters. The van der Waals surface area contributed by atoms with Gasteiger partial charge in [-0.05, 0) is 25.4 Å². The highest BCUT2D eigenvalue weighted by molar-refractivity contribution is 6.64. The Bertz CT molecular complexity index is 141. The number of hydrogen-bond donors (Lipinski definition) is 3. The fourth-order valence-corrected chi connectivity index (χ4v) is 0. The van der Waals surface area contributed by atoms with Crippen molar-refractivity contribution in [2.45, 2.75) is 25.9 Å². The van der Waals surface area contributed by atoms with E-state index in [1.54, 1.807) is 0 Å².